The molecule has 0 atom stereocenters. The molecular weight excluding hydrogens is 339 g/mol. The van der Waals surface area contributed by atoms with E-state index in [1.54, 1.807) is 0 Å². The van der Waals surface area contributed by atoms with Gasteiger partial charge in [0.2, 0.25) is 0 Å². The lowest BCUT2D eigenvalue weighted by Gasteiger charge is -2.35. The molecule has 1 aliphatic heterocycles. The normalized spacial score (nSPS) is 17.9. The second-order valence-corrected chi connectivity index (χ2v) is 5.79. The molecule has 0 aliphatic carbocycles. The maximum Gasteiger partial charge on any atom is 0.416 e. The van der Waals surface area contributed by atoms with Gasteiger partial charge < -0.3 is 15.1 Å². The minimum absolute atomic E-state index is 0.0739. The zero-order valence-corrected chi connectivity index (χ0v) is 12.5. The number of carboxylic acid groups (broad SMARTS) is 1. The molecule has 1 saturated heterocycles. The van der Waals surface area contributed by atoms with Crippen molar-refractivity contribution in [2.45, 2.75) is 24.6 Å². The summed E-state index contributed by atoms with van der Waals surface area (Å²) >= 11 is 5.64. The Labute approximate surface area is 134 Å². The van der Waals surface area contributed by atoms with Crippen molar-refractivity contribution in [3.63, 3.8) is 0 Å². The van der Waals surface area contributed by atoms with E-state index in [1.807, 2.05) is 0 Å². The van der Waals surface area contributed by atoms with E-state index in [1.165, 1.54) is 4.90 Å². The summed E-state index contributed by atoms with van der Waals surface area (Å²) in [4.78, 5) is 24.4. The van der Waals surface area contributed by atoms with Crippen molar-refractivity contribution in [2.75, 3.05) is 13.1 Å². The number of aliphatic hydroxyl groups is 1. The van der Waals surface area contributed by atoms with Crippen LogP contribution in [0, 0.1) is 0 Å². The molecule has 0 aromatic heterocycles. The average molecular weight is 352 g/mol. The van der Waals surface area contributed by atoms with Gasteiger partial charge in [0.15, 0.2) is 5.60 Å². The number of carbonyl (C=O) groups excluding carboxylic acids is 1. The molecule has 0 saturated carbocycles. The molecule has 1 heterocycles. The molecule has 1 fully saturated rings. The molecule has 126 valence electrons. The first-order chi connectivity index (χ1) is 10.5. The molecular formula is C14H13ClF3NO4. The van der Waals surface area contributed by atoms with Crippen molar-refractivity contribution in [3.05, 3.63) is 34.3 Å². The van der Waals surface area contributed by atoms with Gasteiger partial charge in [-0.05, 0) is 18.2 Å². The van der Waals surface area contributed by atoms with Gasteiger partial charge in [-0.15, -0.1) is 0 Å². The summed E-state index contributed by atoms with van der Waals surface area (Å²) in [7, 11) is 0. The van der Waals surface area contributed by atoms with E-state index >= 15 is 0 Å². The monoisotopic (exact) mass is 351 g/mol. The number of nitrogens with zero attached hydrogens (tertiary/aromatic N) is 1. The Balaban J connectivity index is 2.19. The Morgan fingerprint density at radius 3 is 2.22 bits per heavy atom. The molecule has 0 spiro atoms. The molecule has 0 unspecified atom stereocenters. The smallest absolute Gasteiger partial charge is 0.416 e. The summed E-state index contributed by atoms with van der Waals surface area (Å²) in [6.07, 6.45) is -5.02. The summed E-state index contributed by atoms with van der Waals surface area (Å²) in [5.41, 5.74) is -3.18. The van der Waals surface area contributed by atoms with Crippen LogP contribution in [-0.2, 0) is 11.0 Å². The van der Waals surface area contributed by atoms with E-state index in [2.05, 4.69) is 0 Å². The highest BCUT2D eigenvalue weighted by atomic mass is 35.5. The van der Waals surface area contributed by atoms with Gasteiger partial charge >= 0.3 is 12.1 Å². The first-order valence-corrected chi connectivity index (χ1v) is 7.03. The maximum atomic E-state index is 12.8. The van der Waals surface area contributed by atoms with E-state index in [-0.39, 0.29) is 36.5 Å². The van der Waals surface area contributed by atoms with Crippen molar-refractivity contribution in [3.8, 4) is 0 Å². The van der Waals surface area contributed by atoms with Crippen LogP contribution in [0.15, 0.2) is 18.2 Å². The van der Waals surface area contributed by atoms with Crippen LogP contribution in [0.25, 0.3) is 0 Å². The molecule has 1 aliphatic rings. The number of halogens is 4. The molecule has 23 heavy (non-hydrogen) atoms. The number of hydrogen-bond acceptors (Lipinski definition) is 3. The minimum atomic E-state index is -4.63. The Hall–Kier alpha value is -1.80. The molecule has 1 aromatic rings. The zero-order chi connectivity index (χ0) is 17.4. The summed E-state index contributed by atoms with van der Waals surface area (Å²) in [6, 6.07) is 2.54. The number of rotatable bonds is 2. The fraction of sp³-hybridized carbons (Fsp3) is 0.429. The van der Waals surface area contributed by atoms with Crippen LogP contribution >= 0.6 is 11.6 Å². The van der Waals surface area contributed by atoms with Crippen LogP contribution in [0.3, 0.4) is 0 Å². The topological polar surface area (TPSA) is 77.8 Å². The largest absolute Gasteiger partial charge is 0.479 e. The Kier molecular flexibility index (Phi) is 4.59. The number of piperidine rings is 1. The van der Waals surface area contributed by atoms with E-state index < -0.39 is 29.2 Å². The predicted molar refractivity (Wildman–Crippen MR) is 74.2 cm³/mol. The number of likely N-dealkylation sites (tertiary alicyclic amines) is 1. The molecule has 2 rings (SSSR count). The summed E-state index contributed by atoms with van der Waals surface area (Å²) in [5, 5.41) is 18.5. The van der Waals surface area contributed by atoms with Crippen molar-refractivity contribution in [2.24, 2.45) is 0 Å². The van der Waals surface area contributed by atoms with Crippen LogP contribution in [0.1, 0.15) is 28.8 Å². The minimum Gasteiger partial charge on any atom is -0.479 e. The van der Waals surface area contributed by atoms with E-state index in [4.69, 9.17) is 16.7 Å². The molecule has 1 aromatic carbocycles. The second-order valence-electron chi connectivity index (χ2n) is 5.36. The maximum absolute atomic E-state index is 12.8. The van der Waals surface area contributed by atoms with Gasteiger partial charge in [0, 0.05) is 36.5 Å². The lowest BCUT2D eigenvalue weighted by molar-refractivity contribution is -0.162. The van der Waals surface area contributed by atoms with Crippen LogP contribution in [0.4, 0.5) is 13.2 Å². The first-order valence-electron chi connectivity index (χ1n) is 6.66. The average Bonchev–Trinajstić information content (AvgIpc) is 2.45. The second kappa shape index (κ2) is 6.01. The quantitative estimate of drug-likeness (QED) is 0.857. The van der Waals surface area contributed by atoms with Gasteiger partial charge in [0.1, 0.15) is 0 Å². The number of amides is 1. The predicted octanol–water partition coefficient (Wildman–Crippen LogP) is 2.41. The molecule has 1 amide bonds. The van der Waals surface area contributed by atoms with Crippen molar-refractivity contribution in [1.29, 1.82) is 0 Å². The summed E-state index contributed by atoms with van der Waals surface area (Å²) in [6.45, 7) is -0.148. The third kappa shape index (κ3) is 3.76. The highest BCUT2D eigenvalue weighted by Gasteiger charge is 2.41. The fourth-order valence-corrected chi connectivity index (χ4v) is 2.59. The van der Waals surface area contributed by atoms with Crippen molar-refractivity contribution >= 4 is 23.5 Å². The molecule has 0 radical (unpaired) electrons. The van der Waals surface area contributed by atoms with Gasteiger partial charge in [0.05, 0.1) is 5.56 Å². The number of carboxylic acids is 1. The summed E-state index contributed by atoms with van der Waals surface area (Å²) in [5.74, 6) is -2.07. The van der Waals surface area contributed by atoms with E-state index in [9.17, 15) is 27.9 Å². The van der Waals surface area contributed by atoms with Gasteiger partial charge in [-0.1, -0.05) is 11.6 Å². The van der Waals surface area contributed by atoms with Crippen molar-refractivity contribution < 1.29 is 33.0 Å². The number of hydrogen-bond donors (Lipinski definition) is 2. The standard InChI is InChI=1S/C14H13ClF3NO4/c15-10-6-8(5-9(7-10)14(16,17)18)11(20)19-3-1-13(23,2-4-19)12(21)22/h5-7,23H,1-4H2,(H,21,22). The van der Waals surface area contributed by atoms with Gasteiger partial charge in [-0.25, -0.2) is 4.79 Å². The molecule has 9 heteroatoms. The number of benzene rings is 1. The molecule has 2 N–H and O–H groups in total. The lowest BCUT2D eigenvalue weighted by Crippen LogP contribution is -2.50. The first kappa shape index (κ1) is 17.6. The van der Waals surface area contributed by atoms with Gasteiger partial charge in [0.25, 0.3) is 5.91 Å². The Morgan fingerprint density at radius 2 is 1.74 bits per heavy atom. The van der Waals surface area contributed by atoms with Crippen molar-refractivity contribution in [1.82, 2.24) is 4.90 Å². The molecule has 5 nitrogen and oxygen atoms in total. The third-order valence-electron chi connectivity index (χ3n) is 3.75. The van der Waals surface area contributed by atoms with Crippen LogP contribution in [0.5, 0.6) is 0 Å². The number of carbonyl (C=O) groups is 2. The Morgan fingerprint density at radius 1 is 1.17 bits per heavy atom. The van der Waals surface area contributed by atoms with Gasteiger partial charge in [-0.3, -0.25) is 4.79 Å². The highest BCUT2D eigenvalue weighted by Crippen LogP contribution is 2.32. The highest BCUT2D eigenvalue weighted by molar-refractivity contribution is 6.31. The van der Waals surface area contributed by atoms with Crippen LogP contribution in [0.2, 0.25) is 5.02 Å². The number of alkyl halides is 3. The van der Waals surface area contributed by atoms with Crippen LogP contribution in [-0.4, -0.2) is 45.7 Å². The van der Waals surface area contributed by atoms with E-state index in [0.717, 1.165) is 12.1 Å². The SMILES string of the molecule is O=C(c1cc(Cl)cc(C(F)(F)F)c1)N1CCC(O)(C(=O)O)CC1. The fourth-order valence-electron chi connectivity index (χ4n) is 2.35. The van der Waals surface area contributed by atoms with E-state index in [0.29, 0.717) is 6.07 Å². The zero-order valence-electron chi connectivity index (χ0n) is 11.7. The van der Waals surface area contributed by atoms with Crippen LogP contribution < -0.4 is 0 Å². The van der Waals surface area contributed by atoms with Gasteiger partial charge in [-0.2, -0.15) is 13.2 Å². The molecule has 0 bridgehead atoms. The lowest BCUT2D eigenvalue weighted by atomic mass is 9.91. The number of aliphatic carboxylic acids is 1. The Bertz CT molecular complexity index is 639. The summed E-state index contributed by atoms with van der Waals surface area (Å²) < 4.78 is 38.3. The third-order valence-corrected chi connectivity index (χ3v) is 3.97.